The highest BCUT2D eigenvalue weighted by Gasteiger charge is 2.40. The summed E-state index contributed by atoms with van der Waals surface area (Å²) in [4.78, 5) is 18.2. The van der Waals surface area contributed by atoms with Crippen LogP contribution in [0.4, 0.5) is 5.69 Å². The number of hydrogen-bond acceptors (Lipinski definition) is 5. The summed E-state index contributed by atoms with van der Waals surface area (Å²) in [6.07, 6.45) is -6.60. The van der Waals surface area contributed by atoms with Gasteiger partial charge < -0.3 is 14.6 Å². The third-order valence-corrected chi connectivity index (χ3v) is 6.74. The number of hydrogen-bond donors (Lipinski definition) is 1. The fraction of sp³-hybridized carbons (Fsp3) is 0.467. The van der Waals surface area contributed by atoms with Crippen LogP contribution in [0.3, 0.4) is 0 Å². The molecule has 2 aliphatic heterocycles. The Bertz CT molecular complexity index is 1980. The van der Waals surface area contributed by atoms with Crippen LogP contribution in [0.1, 0.15) is 93.7 Å². The molecule has 1 aliphatic carbocycles. The first kappa shape index (κ1) is 11.5. The summed E-state index contributed by atoms with van der Waals surface area (Å²) in [6, 6.07) is 5.99. The molecule has 0 atom stereocenters. The molecular formula is C30H34N4O2. The molecule has 3 aliphatic rings. The molecule has 2 fully saturated rings. The number of aryl methyl sites for hydroxylation is 1. The summed E-state index contributed by atoms with van der Waals surface area (Å²) >= 11 is 0. The maximum absolute atomic E-state index is 14.2. The molecule has 0 unspecified atom stereocenters. The van der Waals surface area contributed by atoms with Crippen molar-refractivity contribution in [1.29, 1.82) is 5.26 Å². The van der Waals surface area contributed by atoms with E-state index in [9.17, 15) is 11.4 Å². The van der Waals surface area contributed by atoms with Crippen LogP contribution in [0, 0.1) is 11.3 Å². The average Bonchev–Trinajstić information content (AvgIpc) is 3.42. The molecule has 3 heterocycles. The number of carbonyl (C=O) groups is 1. The predicted molar refractivity (Wildman–Crippen MR) is 142 cm³/mol. The van der Waals surface area contributed by atoms with Crippen LogP contribution in [0.25, 0.3) is 10.9 Å². The Kier molecular flexibility index (Phi) is 2.80. The van der Waals surface area contributed by atoms with Crippen LogP contribution in [0.5, 0.6) is 0 Å². The summed E-state index contributed by atoms with van der Waals surface area (Å²) in [5.74, 6) is -0.467. The summed E-state index contributed by atoms with van der Waals surface area (Å²) in [5, 5.41) is 9.92. The smallest absolute Gasteiger partial charge is 0.195 e. The summed E-state index contributed by atoms with van der Waals surface area (Å²) < 4.78 is 142. The number of nitrogens with zero attached hydrogens (tertiary/aromatic N) is 3. The van der Waals surface area contributed by atoms with Gasteiger partial charge in [-0.2, -0.15) is 5.26 Å². The predicted octanol–water partition coefficient (Wildman–Crippen LogP) is 4.77. The monoisotopic (exact) mass is 498 g/mol. The fourth-order valence-corrected chi connectivity index (χ4v) is 4.93. The Morgan fingerprint density at radius 3 is 2.78 bits per heavy atom. The topological polar surface area (TPSA) is 72.4 Å². The molecule has 186 valence electrons. The van der Waals surface area contributed by atoms with Crippen molar-refractivity contribution in [2.45, 2.75) is 51.3 Å². The lowest BCUT2D eigenvalue weighted by Crippen LogP contribution is -2.49. The van der Waals surface area contributed by atoms with Gasteiger partial charge in [0, 0.05) is 81.8 Å². The number of nitrogens with one attached hydrogen (secondary N) is 1. The van der Waals surface area contributed by atoms with Crippen molar-refractivity contribution < 1.29 is 31.5 Å². The first-order valence-electron chi connectivity index (χ1n) is 19.9. The molecule has 0 saturated carbocycles. The number of anilines is 1. The number of carbonyl (C=O) groups excluding carboxylic acids is 1. The molecule has 36 heavy (non-hydrogen) atoms. The first-order valence-corrected chi connectivity index (χ1v) is 11.3. The van der Waals surface area contributed by atoms with Gasteiger partial charge in [-0.25, -0.2) is 0 Å². The van der Waals surface area contributed by atoms with Gasteiger partial charge in [0.05, 0.1) is 35.8 Å². The van der Waals surface area contributed by atoms with Crippen molar-refractivity contribution in [3.05, 3.63) is 63.8 Å². The largest absolute Gasteiger partial charge is 0.379 e. The maximum atomic E-state index is 14.2. The highest BCUT2D eigenvalue weighted by molar-refractivity contribution is 6.20. The van der Waals surface area contributed by atoms with Gasteiger partial charge >= 0.3 is 0 Å². The lowest BCUT2D eigenvalue weighted by Gasteiger charge is -2.42. The Morgan fingerprint density at radius 2 is 2.06 bits per heavy atom. The van der Waals surface area contributed by atoms with Crippen LogP contribution in [-0.2, 0) is 16.6 Å². The number of rotatable bonds is 3. The van der Waals surface area contributed by atoms with E-state index in [4.69, 9.17) is 20.6 Å². The zero-order valence-electron chi connectivity index (χ0n) is 35.3. The van der Waals surface area contributed by atoms with Crippen LogP contribution in [-0.4, -0.2) is 60.9 Å². The Balaban J connectivity index is 1.54. The van der Waals surface area contributed by atoms with E-state index < -0.39 is 83.0 Å². The maximum Gasteiger partial charge on any atom is 0.195 e. The minimum atomic E-state index is -3.78. The minimum Gasteiger partial charge on any atom is -0.379 e. The number of benzene rings is 2. The lowest BCUT2D eigenvalue weighted by molar-refractivity contribution is 0.0115. The first-order chi connectivity index (χ1) is 23.9. The van der Waals surface area contributed by atoms with Crippen molar-refractivity contribution in [1.82, 2.24) is 9.88 Å². The van der Waals surface area contributed by atoms with Crippen molar-refractivity contribution in [2.24, 2.45) is 0 Å². The molecule has 6 nitrogen and oxygen atoms in total. The van der Waals surface area contributed by atoms with Gasteiger partial charge in [-0.15, -0.1) is 0 Å². The Labute approximate surface area is 235 Å². The number of morpholine rings is 1. The van der Waals surface area contributed by atoms with Gasteiger partial charge in [-0.3, -0.25) is 9.69 Å². The second-order valence-electron chi connectivity index (χ2n) is 8.86. The SMILES string of the molecule is [2H]CCc1cc2c(cc1N1CC([2H])([2H])C([2H])(N3C([2H])([2H])C([2H])([2H])OC([2H])([2H])C3([2H])[2H])C([2H])([2H])C1)C(C[2H])(C[2H])c1[nH]c3cc(C#N)ccc3c1C2=O. The highest BCUT2D eigenvalue weighted by atomic mass is 16.5. The zero-order valence-corrected chi connectivity index (χ0v) is 19.3. The quantitative estimate of drug-likeness (QED) is 0.563. The van der Waals surface area contributed by atoms with Gasteiger partial charge in [0.1, 0.15) is 0 Å². The van der Waals surface area contributed by atoms with Crippen molar-refractivity contribution in [3.8, 4) is 6.07 Å². The van der Waals surface area contributed by atoms with E-state index in [1.807, 2.05) is 6.07 Å². The van der Waals surface area contributed by atoms with E-state index in [1.165, 1.54) is 18.2 Å². The van der Waals surface area contributed by atoms with Crippen LogP contribution < -0.4 is 4.90 Å². The molecule has 6 heteroatoms. The molecular weight excluding hydrogens is 448 g/mol. The van der Waals surface area contributed by atoms with Crippen LogP contribution in [0.15, 0.2) is 30.3 Å². The molecule has 2 aromatic carbocycles. The van der Waals surface area contributed by atoms with Crippen molar-refractivity contribution in [3.63, 3.8) is 0 Å². The summed E-state index contributed by atoms with van der Waals surface area (Å²) in [6.45, 7) is -17.9. The molecule has 6 rings (SSSR count). The van der Waals surface area contributed by atoms with Gasteiger partial charge in [-0.1, -0.05) is 26.8 Å². The molecule has 1 N–H and O–H groups in total. The highest BCUT2D eigenvalue weighted by Crippen LogP contribution is 2.46. The van der Waals surface area contributed by atoms with Crippen LogP contribution in [0.2, 0.25) is 0 Å². The molecule has 0 amide bonds. The van der Waals surface area contributed by atoms with Crippen molar-refractivity contribution in [2.75, 3.05) is 44.1 Å². The summed E-state index contributed by atoms with van der Waals surface area (Å²) in [7, 11) is 0. The number of fused-ring (bicyclic) bond motifs is 4. The van der Waals surface area contributed by atoms with Crippen LogP contribution >= 0.6 is 0 Å². The Hall–Kier alpha value is -3.14. The van der Waals surface area contributed by atoms with E-state index >= 15 is 0 Å². The molecule has 0 spiro atoms. The number of aromatic nitrogens is 1. The number of piperidine rings is 1. The number of ketones is 1. The second-order valence-corrected chi connectivity index (χ2v) is 8.86. The summed E-state index contributed by atoms with van der Waals surface area (Å²) in [5.41, 5.74) is 0.427. The molecule has 0 radical (unpaired) electrons. The van der Waals surface area contributed by atoms with Gasteiger partial charge in [-0.05, 0) is 54.6 Å². The Morgan fingerprint density at radius 1 is 1.25 bits per heavy atom. The van der Waals surface area contributed by atoms with E-state index in [1.54, 1.807) is 12.1 Å². The van der Waals surface area contributed by atoms with Crippen molar-refractivity contribution >= 4 is 22.4 Å². The standard InChI is InChI=1S/C30H34N4O2/c1-4-20-16-23-24(17-26(20)34-9-7-21(8-10-34)33-11-13-36-14-12-33)30(2,3)29-27(28(23)35)22-6-5-19(18-31)15-25(22)32-29/h5-6,15-17,21,32H,4,7-14H2,1-3H3/i1D,2D,3D,7D2,8D2,11D2,12D2,13D2,14D2,21D. The third kappa shape index (κ3) is 3.56. The molecule has 0 bridgehead atoms. The number of nitriles is 1. The second kappa shape index (κ2) is 8.76. The van der Waals surface area contributed by atoms with Gasteiger partial charge in [0.15, 0.2) is 5.78 Å². The number of H-pyrrole nitrogens is 1. The number of aromatic amines is 1. The van der Waals surface area contributed by atoms with E-state index in [-0.39, 0.29) is 51.9 Å². The molecule has 1 aromatic heterocycles. The van der Waals surface area contributed by atoms with Gasteiger partial charge in [0.25, 0.3) is 0 Å². The molecule has 3 aromatic rings. The third-order valence-electron chi connectivity index (χ3n) is 6.74. The average molecular weight is 499 g/mol. The lowest BCUT2D eigenvalue weighted by atomic mass is 9.70. The van der Waals surface area contributed by atoms with E-state index in [0.29, 0.717) is 16.5 Å². The zero-order chi connectivity index (χ0) is 38.8. The van der Waals surface area contributed by atoms with E-state index in [0.717, 1.165) is 4.90 Å². The molecule has 2 saturated heterocycles. The fourth-order valence-electron chi connectivity index (χ4n) is 4.93. The normalized spacial score (nSPS) is 36.0. The minimum absolute atomic E-state index is 0.0274. The number of ether oxygens (including phenoxy) is 1. The van der Waals surface area contributed by atoms with E-state index in [2.05, 4.69) is 9.72 Å². The van der Waals surface area contributed by atoms with Gasteiger partial charge in [0.2, 0.25) is 0 Å².